The van der Waals surface area contributed by atoms with Crippen LogP contribution in [-0.2, 0) is 4.79 Å². The van der Waals surface area contributed by atoms with Crippen LogP contribution in [0, 0.1) is 0 Å². The van der Waals surface area contributed by atoms with E-state index >= 15 is 0 Å². The number of hydrogen-bond donors (Lipinski definition) is 3. The lowest BCUT2D eigenvalue weighted by atomic mass is 10.2. The molecular formula is C9H11ClN2O3. The highest BCUT2D eigenvalue weighted by molar-refractivity contribution is 6.30. The molecule has 1 aromatic rings. The highest BCUT2D eigenvalue weighted by Gasteiger charge is 2.18. The largest absolute Gasteiger partial charge is 0.480 e. The number of carboxylic acids is 1. The maximum atomic E-state index is 11.5. The smallest absolute Gasteiger partial charge is 0.326 e. The lowest BCUT2D eigenvalue weighted by Crippen LogP contribution is -2.40. The number of carbonyl (C=O) groups is 2. The predicted molar refractivity (Wildman–Crippen MR) is 55.0 cm³/mol. The normalized spacial score (nSPS) is 12.1. The molecule has 3 N–H and O–H groups in total. The summed E-state index contributed by atoms with van der Waals surface area (Å²) in [6, 6.07) is 0.561. The number of aromatic nitrogens is 1. The number of carbonyl (C=O) groups excluding carboxylic acids is 1. The lowest BCUT2D eigenvalue weighted by molar-refractivity contribution is -0.139. The van der Waals surface area contributed by atoms with Crippen LogP contribution in [0.2, 0.25) is 5.02 Å². The van der Waals surface area contributed by atoms with Crippen LogP contribution in [0.15, 0.2) is 12.3 Å². The average Bonchev–Trinajstić information content (AvgIpc) is 2.60. The van der Waals surface area contributed by atoms with Crippen LogP contribution in [0.5, 0.6) is 0 Å². The Bertz CT molecular complexity index is 375. The van der Waals surface area contributed by atoms with Gasteiger partial charge >= 0.3 is 5.97 Å². The van der Waals surface area contributed by atoms with E-state index < -0.39 is 17.9 Å². The quantitative estimate of drug-likeness (QED) is 0.728. The molecule has 0 fully saturated rings. The van der Waals surface area contributed by atoms with Crippen molar-refractivity contribution in [1.82, 2.24) is 10.3 Å². The van der Waals surface area contributed by atoms with Crippen molar-refractivity contribution in [1.29, 1.82) is 0 Å². The van der Waals surface area contributed by atoms with E-state index in [2.05, 4.69) is 10.3 Å². The highest BCUT2D eigenvalue weighted by Crippen LogP contribution is 2.09. The number of H-pyrrole nitrogens is 1. The molecule has 0 saturated carbocycles. The highest BCUT2D eigenvalue weighted by atomic mass is 35.5. The van der Waals surface area contributed by atoms with Gasteiger partial charge in [-0.25, -0.2) is 4.79 Å². The van der Waals surface area contributed by atoms with Gasteiger partial charge in [0.1, 0.15) is 11.7 Å². The molecule has 0 bridgehead atoms. The van der Waals surface area contributed by atoms with E-state index in [0.29, 0.717) is 11.4 Å². The molecule has 0 aliphatic heterocycles. The van der Waals surface area contributed by atoms with Crippen molar-refractivity contribution in [2.24, 2.45) is 0 Å². The molecule has 5 nitrogen and oxygen atoms in total. The molecule has 6 heteroatoms. The lowest BCUT2D eigenvalue weighted by Gasteiger charge is -2.10. The van der Waals surface area contributed by atoms with Crippen molar-refractivity contribution >= 4 is 23.5 Å². The maximum Gasteiger partial charge on any atom is 0.326 e. The van der Waals surface area contributed by atoms with Gasteiger partial charge in [-0.05, 0) is 12.5 Å². The second-order valence-electron chi connectivity index (χ2n) is 3.00. The molecule has 0 aliphatic carbocycles. The summed E-state index contributed by atoms with van der Waals surface area (Å²) in [4.78, 5) is 24.8. The van der Waals surface area contributed by atoms with Crippen molar-refractivity contribution in [3.05, 3.63) is 23.0 Å². The van der Waals surface area contributed by atoms with Gasteiger partial charge in [0.25, 0.3) is 5.91 Å². The fourth-order valence-electron chi connectivity index (χ4n) is 1.07. The fourth-order valence-corrected chi connectivity index (χ4v) is 1.24. The minimum atomic E-state index is -1.05. The zero-order valence-corrected chi connectivity index (χ0v) is 8.84. The molecule has 1 amide bonds. The third-order valence-electron chi connectivity index (χ3n) is 1.90. The Morgan fingerprint density at radius 3 is 2.73 bits per heavy atom. The summed E-state index contributed by atoms with van der Waals surface area (Å²) in [5, 5.41) is 11.5. The topological polar surface area (TPSA) is 82.2 Å². The Morgan fingerprint density at radius 2 is 2.33 bits per heavy atom. The molecule has 1 atom stereocenters. The molecule has 0 spiro atoms. The molecule has 1 rings (SSSR count). The zero-order chi connectivity index (χ0) is 11.4. The van der Waals surface area contributed by atoms with Gasteiger partial charge in [-0.1, -0.05) is 18.5 Å². The van der Waals surface area contributed by atoms with Crippen LogP contribution in [0.3, 0.4) is 0 Å². The molecule has 1 aromatic heterocycles. The van der Waals surface area contributed by atoms with Crippen LogP contribution in [0.25, 0.3) is 0 Å². The van der Waals surface area contributed by atoms with E-state index in [1.807, 2.05) is 0 Å². The van der Waals surface area contributed by atoms with Gasteiger partial charge in [0.2, 0.25) is 0 Å². The molecule has 0 saturated heterocycles. The van der Waals surface area contributed by atoms with Crippen molar-refractivity contribution in [2.75, 3.05) is 0 Å². The number of nitrogens with one attached hydrogen (secondary N) is 2. The SMILES string of the molecule is CCC(NC(=O)c1cc(Cl)c[nH]1)C(=O)O. The van der Waals surface area contributed by atoms with Gasteiger partial charge in [-0.15, -0.1) is 0 Å². The van der Waals surface area contributed by atoms with Gasteiger partial charge in [-0.2, -0.15) is 0 Å². The molecular weight excluding hydrogens is 220 g/mol. The standard InChI is InChI=1S/C9H11ClN2O3/c1-2-6(9(14)15)12-8(13)7-3-5(10)4-11-7/h3-4,6,11H,2H2,1H3,(H,12,13)(H,14,15). The summed E-state index contributed by atoms with van der Waals surface area (Å²) in [7, 11) is 0. The number of aliphatic carboxylic acids is 1. The molecule has 0 aromatic carbocycles. The first-order valence-electron chi connectivity index (χ1n) is 4.42. The van der Waals surface area contributed by atoms with Gasteiger partial charge in [0.05, 0.1) is 5.02 Å². The van der Waals surface area contributed by atoms with Gasteiger partial charge in [-0.3, -0.25) is 4.79 Å². The minimum Gasteiger partial charge on any atom is -0.480 e. The van der Waals surface area contributed by atoms with Crippen LogP contribution in [0.4, 0.5) is 0 Å². The summed E-state index contributed by atoms with van der Waals surface area (Å²) < 4.78 is 0. The monoisotopic (exact) mass is 230 g/mol. The second kappa shape index (κ2) is 4.84. The summed E-state index contributed by atoms with van der Waals surface area (Å²) in [5.74, 6) is -1.53. The predicted octanol–water partition coefficient (Wildman–Crippen LogP) is 1.26. The number of aromatic amines is 1. The van der Waals surface area contributed by atoms with Crippen molar-refractivity contribution in [3.8, 4) is 0 Å². The van der Waals surface area contributed by atoms with Crippen LogP contribution >= 0.6 is 11.6 Å². The third-order valence-corrected chi connectivity index (χ3v) is 2.12. The Kier molecular flexibility index (Phi) is 3.74. The van der Waals surface area contributed by atoms with Gasteiger partial charge < -0.3 is 15.4 Å². The zero-order valence-electron chi connectivity index (χ0n) is 8.08. The molecule has 82 valence electrons. The summed E-state index contributed by atoms with van der Waals surface area (Å²) in [5.41, 5.74) is 0.250. The fraction of sp³-hybridized carbons (Fsp3) is 0.333. The first kappa shape index (κ1) is 11.6. The minimum absolute atomic E-state index is 0.250. The summed E-state index contributed by atoms with van der Waals surface area (Å²) >= 11 is 5.61. The van der Waals surface area contributed by atoms with E-state index in [-0.39, 0.29) is 5.69 Å². The maximum absolute atomic E-state index is 11.5. The van der Waals surface area contributed by atoms with Crippen molar-refractivity contribution in [2.45, 2.75) is 19.4 Å². The van der Waals surface area contributed by atoms with Crippen molar-refractivity contribution in [3.63, 3.8) is 0 Å². The Hall–Kier alpha value is -1.49. The van der Waals surface area contributed by atoms with Crippen LogP contribution in [-0.4, -0.2) is 28.0 Å². The van der Waals surface area contributed by atoms with Gasteiger partial charge in [0.15, 0.2) is 0 Å². The molecule has 15 heavy (non-hydrogen) atoms. The summed E-state index contributed by atoms with van der Waals surface area (Å²) in [6.45, 7) is 1.68. The number of rotatable bonds is 4. The number of carboxylic acid groups (broad SMARTS) is 1. The van der Waals surface area contributed by atoms with E-state index in [9.17, 15) is 9.59 Å². The van der Waals surface area contributed by atoms with Crippen molar-refractivity contribution < 1.29 is 14.7 Å². The number of hydrogen-bond acceptors (Lipinski definition) is 2. The number of amides is 1. The first-order valence-corrected chi connectivity index (χ1v) is 4.80. The Morgan fingerprint density at radius 1 is 1.67 bits per heavy atom. The molecule has 1 unspecified atom stereocenters. The number of halogens is 1. The Labute approximate surface area is 91.4 Å². The van der Waals surface area contributed by atoms with Crippen LogP contribution < -0.4 is 5.32 Å². The van der Waals surface area contributed by atoms with Gasteiger partial charge in [0, 0.05) is 6.20 Å². The molecule has 0 radical (unpaired) electrons. The van der Waals surface area contributed by atoms with E-state index in [4.69, 9.17) is 16.7 Å². The van der Waals surface area contributed by atoms with E-state index in [1.54, 1.807) is 6.92 Å². The Balaban J connectivity index is 2.66. The average molecular weight is 231 g/mol. The first-order chi connectivity index (χ1) is 7.04. The summed E-state index contributed by atoms with van der Waals surface area (Å²) in [6.07, 6.45) is 1.79. The van der Waals surface area contributed by atoms with E-state index in [0.717, 1.165) is 0 Å². The molecule has 1 heterocycles. The van der Waals surface area contributed by atoms with Crippen LogP contribution in [0.1, 0.15) is 23.8 Å². The van der Waals surface area contributed by atoms with E-state index in [1.165, 1.54) is 12.3 Å². The second-order valence-corrected chi connectivity index (χ2v) is 3.44. The molecule has 0 aliphatic rings. The third kappa shape index (κ3) is 2.99.